The van der Waals surface area contributed by atoms with Crippen molar-refractivity contribution in [2.75, 3.05) is 18.2 Å². The first kappa shape index (κ1) is 27.1. The van der Waals surface area contributed by atoms with E-state index in [1.807, 2.05) is 47.0 Å². The second-order valence-corrected chi connectivity index (χ2v) is 9.05. The highest BCUT2D eigenvalue weighted by Crippen LogP contribution is 2.33. The van der Waals surface area contributed by atoms with Gasteiger partial charge in [0, 0.05) is 29.2 Å². The number of amides is 1. The van der Waals surface area contributed by atoms with Crippen LogP contribution in [0.4, 0.5) is 11.4 Å². The number of phenols is 1. The van der Waals surface area contributed by atoms with Gasteiger partial charge in [0.2, 0.25) is 0 Å². The lowest BCUT2D eigenvalue weighted by Crippen LogP contribution is -2.20. The number of hydrogen-bond acceptors (Lipinski definition) is 10. The van der Waals surface area contributed by atoms with Gasteiger partial charge < -0.3 is 19.7 Å². The van der Waals surface area contributed by atoms with Crippen molar-refractivity contribution in [3.05, 3.63) is 88.8 Å². The van der Waals surface area contributed by atoms with Crippen molar-refractivity contribution in [1.29, 1.82) is 0 Å². The lowest BCUT2D eigenvalue weighted by atomic mass is 10.1. The second-order valence-electron chi connectivity index (χ2n) is 8.10. The Balaban J connectivity index is 1.38. The molecule has 0 fully saturated rings. The summed E-state index contributed by atoms with van der Waals surface area (Å²) in [6, 6.07) is 16.3. The van der Waals surface area contributed by atoms with Crippen LogP contribution in [0.2, 0.25) is 0 Å². The number of nitrogens with zero attached hydrogens (tertiary/aromatic N) is 5. The minimum Gasteiger partial charge on any atom is -0.504 e. The van der Waals surface area contributed by atoms with Crippen molar-refractivity contribution < 1.29 is 19.6 Å². The van der Waals surface area contributed by atoms with E-state index < -0.39 is 10.8 Å². The molecule has 0 spiro atoms. The lowest BCUT2D eigenvalue weighted by molar-refractivity contribution is -0.385. The van der Waals surface area contributed by atoms with Crippen LogP contribution in [-0.4, -0.2) is 49.8 Å². The number of carbonyl (C=O) groups is 1. The van der Waals surface area contributed by atoms with E-state index in [9.17, 15) is 20.0 Å². The van der Waals surface area contributed by atoms with Gasteiger partial charge in [0.1, 0.15) is 0 Å². The molecule has 0 saturated heterocycles. The highest BCUT2D eigenvalue weighted by Gasteiger charge is 2.16. The lowest BCUT2D eigenvalue weighted by Gasteiger charge is -2.11. The number of fused-ring (bicyclic) bond motifs is 1. The highest BCUT2D eigenvalue weighted by molar-refractivity contribution is 7.99. The molecule has 0 unspecified atom stereocenters. The van der Waals surface area contributed by atoms with Crippen LogP contribution in [0.5, 0.6) is 11.5 Å². The fourth-order valence-electron chi connectivity index (χ4n) is 3.73. The molecule has 1 aromatic heterocycles. The zero-order chi connectivity index (χ0) is 27.8. The number of rotatable bonds is 12. The summed E-state index contributed by atoms with van der Waals surface area (Å²) in [6.45, 7) is 4.67. The Kier molecular flexibility index (Phi) is 8.74. The van der Waals surface area contributed by atoms with Gasteiger partial charge in [-0.25, -0.2) is 5.43 Å². The van der Waals surface area contributed by atoms with E-state index in [-0.39, 0.29) is 28.5 Å². The number of aromatic nitrogens is 3. The third-order valence-electron chi connectivity index (χ3n) is 5.58. The molecule has 0 aliphatic carbocycles. The Morgan fingerprint density at radius 2 is 2.05 bits per heavy atom. The van der Waals surface area contributed by atoms with Crippen LogP contribution < -0.4 is 15.5 Å². The molecule has 4 rings (SSSR count). The van der Waals surface area contributed by atoms with Crippen LogP contribution in [0.25, 0.3) is 10.8 Å². The van der Waals surface area contributed by atoms with Crippen molar-refractivity contribution >= 4 is 46.0 Å². The summed E-state index contributed by atoms with van der Waals surface area (Å²) in [5, 5.41) is 39.8. The summed E-state index contributed by atoms with van der Waals surface area (Å²) in [6.07, 6.45) is 2.82. The number of hydrogen-bond donors (Lipinski definition) is 3. The Hall–Kier alpha value is -4.91. The van der Waals surface area contributed by atoms with E-state index in [1.165, 1.54) is 18.9 Å². The van der Waals surface area contributed by atoms with Crippen LogP contribution in [0.15, 0.2) is 77.5 Å². The molecular weight excluding hydrogens is 522 g/mol. The quantitative estimate of drug-likeness (QED) is 0.0781. The predicted molar refractivity (Wildman–Crippen MR) is 149 cm³/mol. The first-order valence-corrected chi connectivity index (χ1v) is 12.6. The summed E-state index contributed by atoms with van der Waals surface area (Å²) in [4.78, 5) is 22.8. The molecule has 13 heteroatoms. The van der Waals surface area contributed by atoms with Crippen molar-refractivity contribution in [3.63, 3.8) is 0 Å². The summed E-state index contributed by atoms with van der Waals surface area (Å²) >= 11 is 1.17. The number of thioether (sulfide) groups is 1. The fraction of sp³-hybridized carbons (Fsp3) is 0.154. The zero-order valence-electron chi connectivity index (χ0n) is 20.9. The van der Waals surface area contributed by atoms with Gasteiger partial charge in [-0.15, -0.1) is 16.8 Å². The Labute approximate surface area is 227 Å². The van der Waals surface area contributed by atoms with E-state index in [4.69, 9.17) is 4.74 Å². The number of allylic oxidation sites excluding steroid dienone is 1. The molecule has 4 aromatic rings. The Bertz CT molecular complexity index is 1550. The molecule has 12 nitrogen and oxygen atoms in total. The summed E-state index contributed by atoms with van der Waals surface area (Å²) < 4.78 is 6.81. The average Bonchev–Trinajstić information content (AvgIpc) is 3.32. The molecular formula is C26H25N7O5S. The normalized spacial score (nSPS) is 11.0. The number of phenolic OH excluding ortho intramolecular Hbond substituents is 1. The minimum absolute atomic E-state index is 0.0167. The molecule has 0 radical (unpaired) electrons. The van der Waals surface area contributed by atoms with Crippen molar-refractivity contribution in [2.45, 2.75) is 18.2 Å². The number of nitro benzene ring substituents is 1. The van der Waals surface area contributed by atoms with Crippen molar-refractivity contribution in [3.8, 4) is 11.5 Å². The number of non-ortho nitro benzene ring substituents is 1. The monoisotopic (exact) mass is 547 g/mol. The largest absolute Gasteiger partial charge is 0.504 e. The average molecular weight is 548 g/mol. The van der Waals surface area contributed by atoms with E-state index in [1.54, 1.807) is 6.08 Å². The molecule has 39 heavy (non-hydrogen) atoms. The number of hydrazone groups is 1. The van der Waals surface area contributed by atoms with Gasteiger partial charge in [0.05, 0.1) is 36.6 Å². The van der Waals surface area contributed by atoms with E-state index in [0.717, 1.165) is 34.8 Å². The van der Waals surface area contributed by atoms with Crippen molar-refractivity contribution in [1.82, 2.24) is 20.2 Å². The molecule has 3 N–H and O–H groups in total. The van der Waals surface area contributed by atoms with Crippen LogP contribution >= 0.6 is 11.8 Å². The summed E-state index contributed by atoms with van der Waals surface area (Å²) in [5.74, 6) is -0.207. The molecule has 1 heterocycles. The standard InChI is InChI=1S/C26H25N7O5S/c1-3-11-32-23(15-27-21-10-6-8-17-7-4-5-9-20(17)21)29-31-26(32)39-16-24(34)30-28-14-18-12-19(33(36)37)13-22(38-2)25(18)35/h3-10,12-14,27,35H,1,11,15-16H2,2H3,(H,30,34)/b28-14-. The SMILES string of the molecule is C=CCn1c(CNc2cccc3ccccc23)nnc1SCC(=O)N/N=C\c1cc([N+](=O)[O-])cc(OC)c1O. The maximum atomic E-state index is 12.4. The van der Waals surface area contributed by atoms with E-state index in [2.05, 4.69) is 32.6 Å². The number of benzene rings is 3. The molecule has 3 aromatic carbocycles. The third kappa shape index (κ3) is 6.51. The predicted octanol–water partition coefficient (Wildman–Crippen LogP) is 4.09. The molecule has 0 aliphatic heterocycles. The molecule has 0 saturated carbocycles. The van der Waals surface area contributed by atoms with Gasteiger partial charge in [-0.1, -0.05) is 54.2 Å². The summed E-state index contributed by atoms with van der Waals surface area (Å²) in [7, 11) is 1.27. The fourth-order valence-corrected chi connectivity index (χ4v) is 4.49. The Morgan fingerprint density at radius 3 is 2.82 bits per heavy atom. The Morgan fingerprint density at radius 1 is 1.26 bits per heavy atom. The first-order chi connectivity index (χ1) is 18.9. The third-order valence-corrected chi connectivity index (χ3v) is 6.54. The molecule has 0 aliphatic rings. The van der Waals surface area contributed by atoms with Gasteiger partial charge in [-0.05, 0) is 11.5 Å². The summed E-state index contributed by atoms with van der Waals surface area (Å²) in [5.41, 5.74) is 3.03. The first-order valence-electron chi connectivity index (χ1n) is 11.7. The zero-order valence-corrected chi connectivity index (χ0v) is 21.7. The van der Waals surface area contributed by atoms with E-state index in [0.29, 0.717) is 24.1 Å². The number of anilines is 1. The number of nitrogens with one attached hydrogen (secondary N) is 2. The van der Waals surface area contributed by atoms with Gasteiger partial charge >= 0.3 is 0 Å². The molecule has 1 amide bonds. The van der Waals surface area contributed by atoms with Gasteiger partial charge in [-0.3, -0.25) is 14.9 Å². The van der Waals surface area contributed by atoms with E-state index >= 15 is 0 Å². The van der Waals surface area contributed by atoms with Crippen LogP contribution in [0, 0.1) is 10.1 Å². The number of nitro groups is 1. The van der Waals surface area contributed by atoms with Crippen molar-refractivity contribution in [2.24, 2.45) is 5.10 Å². The van der Waals surface area contributed by atoms with Gasteiger partial charge in [0.25, 0.3) is 11.6 Å². The van der Waals surface area contributed by atoms with Gasteiger partial charge in [-0.2, -0.15) is 5.10 Å². The molecule has 200 valence electrons. The maximum absolute atomic E-state index is 12.4. The second kappa shape index (κ2) is 12.6. The minimum atomic E-state index is -0.625. The molecule has 0 bridgehead atoms. The molecule has 0 atom stereocenters. The topological polar surface area (TPSA) is 157 Å². The number of aromatic hydroxyl groups is 1. The van der Waals surface area contributed by atoms with Crippen LogP contribution in [0.1, 0.15) is 11.4 Å². The highest BCUT2D eigenvalue weighted by atomic mass is 32.2. The smallest absolute Gasteiger partial charge is 0.274 e. The van der Waals surface area contributed by atoms with Gasteiger partial charge in [0.15, 0.2) is 22.5 Å². The number of methoxy groups -OCH3 is 1. The number of carbonyl (C=O) groups excluding carboxylic acids is 1. The van der Waals surface area contributed by atoms with Crippen LogP contribution in [0.3, 0.4) is 0 Å². The van der Waals surface area contributed by atoms with Crippen LogP contribution in [-0.2, 0) is 17.9 Å². The maximum Gasteiger partial charge on any atom is 0.274 e. The number of ether oxygens (including phenoxy) is 1.